The Morgan fingerprint density at radius 2 is 0.447 bits per heavy atom. The predicted molar refractivity (Wildman–Crippen MR) is 324 cm³/mol. The molecule has 0 fully saturated rings. The van der Waals surface area contributed by atoms with Crippen LogP contribution in [0, 0.1) is 0 Å². The van der Waals surface area contributed by atoms with Gasteiger partial charge in [-0.25, -0.2) is 0 Å². The maximum absolute atomic E-state index is 2.62. The molecule has 12 aromatic rings. The molecular formula is C72H48B2N2. The van der Waals surface area contributed by atoms with Gasteiger partial charge in [-0.2, -0.15) is 0 Å². The number of para-hydroxylation sites is 2. The Balaban J connectivity index is 1.01. The van der Waals surface area contributed by atoms with Crippen molar-refractivity contribution in [1.29, 1.82) is 0 Å². The van der Waals surface area contributed by atoms with E-state index in [4.69, 9.17) is 0 Å². The van der Waals surface area contributed by atoms with Crippen LogP contribution in [0.2, 0.25) is 0 Å². The SMILES string of the molecule is c1ccc(-c2cc(-c3ccccc3)c(N3c4ccccc4B4c5cccc6c5B(c5ccccc5N6c5c(-c6ccccc6)cc(-c6ccccc6)cc5-c5ccccc5)c5cccc3c54)c(-c3ccccc3)c2)cc1. The molecule has 0 saturated carbocycles. The molecule has 12 aromatic carbocycles. The molecule has 0 N–H and O–H groups in total. The van der Waals surface area contributed by atoms with Crippen LogP contribution < -0.4 is 42.6 Å². The predicted octanol–water partition coefficient (Wildman–Crippen LogP) is 14.6. The first kappa shape index (κ1) is 43.9. The van der Waals surface area contributed by atoms with Crippen LogP contribution in [0.4, 0.5) is 34.1 Å². The van der Waals surface area contributed by atoms with E-state index in [1.54, 1.807) is 0 Å². The lowest BCUT2D eigenvalue weighted by molar-refractivity contribution is 1.29. The first-order valence-corrected chi connectivity index (χ1v) is 26.5. The molecular weight excluding hydrogens is 914 g/mol. The van der Waals surface area contributed by atoms with Gasteiger partial charge in [0.15, 0.2) is 0 Å². The second kappa shape index (κ2) is 18.1. The van der Waals surface area contributed by atoms with Crippen molar-refractivity contribution in [3.63, 3.8) is 0 Å². The van der Waals surface area contributed by atoms with E-state index in [1.165, 1.54) is 134 Å². The third-order valence-corrected chi connectivity index (χ3v) is 16.1. The van der Waals surface area contributed by atoms with Gasteiger partial charge in [-0.1, -0.05) is 254 Å². The summed E-state index contributed by atoms with van der Waals surface area (Å²) in [7, 11) is 0. The first-order chi connectivity index (χ1) is 37.8. The van der Waals surface area contributed by atoms with E-state index < -0.39 is 0 Å². The molecule has 3 aliphatic rings. The molecule has 3 aliphatic heterocycles. The molecule has 0 radical (unpaired) electrons. The minimum atomic E-state index is -0.0245. The smallest absolute Gasteiger partial charge is 0.245 e. The van der Waals surface area contributed by atoms with Crippen LogP contribution in [0.1, 0.15) is 0 Å². The molecule has 0 unspecified atom stereocenters. The summed E-state index contributed by atoms with van der Waals surface area (Å²) in [6.45, 7) is -0.0490. The molecule has 0 amide bonds. The topological polar surface area (TPSA) is 6.48 Å². The minimum absolute atomic E-state index is 0.0245. The Hall–Kier alpha value is -9.63. The molecule has 76 heavy (non-hydrogen) atoms. The second-order valence-electron chi connectivity index (χ2n) is 20.3. The number of anilines is 6. The number of nitrogens with zero attached hydrogens (tertiary/aromatic N) is 2. The van der Waals surface area contributed by atoms with E-state index >= 15 is 0 Å². The lowest BCUT2D eigenvalue weighted by atomic mass is 9.19. The summed E-state index contributed by atoms with van der Waals surface area (Å²) >= 11 is 0. The number of benzene rings is 12. The Morgan fingerprint density at radius 3 is 0.763 bits per heavy atom. The number of rotatable bonds is 8. The van der Waals surface area contributed by atoms with Gasteiger partial charge in [0.1, 0.15) is 0 Å². The van der Waals surface area contributed by atoms with Gasteiger partial charge in [0.25, 0.3) is 0 Å². The summed E-state index contributed by atoms with van der Waals surface area (Å²) in [6, 6.07) is 108. The molecule has 352 valence electrons. The zero-order valence-electron chi connectivity index (χ0n) is 41.8. The summed E-state index contributed by atoms with van der Waals surface area (Å²) in [5.41, 5.74) is 29.4. The van der Waals surface area contributed by atoms with Crippen LogP contribution in [-0.2, 0) is 0 Å². The highest BCUT2D eigenvalue weighted by molar-refractivity contribution is 7.13. The zero-order valence-corrected chi connectivity index (χ0v) is 41.8. The summed E-state index contributed by atoms with van der Waals surface area (Å²) in [6.07, 6.45) is 0. The fourth-order valence-corrected chi connectivity index (χ4v) is 12.9. The molecule has 15 rings (SSSR count). The van der Waals surface area contributed by atoms with Crippen LogP contribution in [0.15, 0.2) is 291 Å². The second-order valence-corrected chi connectivity index (χ2v) is 20.3. The van der Waals surface area contributed by atoms with Crippen LogP contribution in [-0.4, -0.2) is 13.4 Å². The van der Waals surface area contributed by atoms with Crippen molar-refractivity contribution in [2.75, 3.05) is 9.80 Å². The van der Waals surface area contributed by atoms with Crippen molar-refractivity contribution in [3.8, 4) is 66.8 Å². The number of fused-ring (bicyclic) bond motifs is 6. The lowest BCUT2D eigenvalue weighted by Gasteiger charge is -2.46. The highest BCUT2D eigenvalue weighted by Gasteiger charge is 2.49. The summed E-state index contributed by atoms with van der Waals surface area (Å²) in [4.78, 5) is 5.24. The van der Waals surface area contributed by atoms with Crippen LogP contribution >= 0.6 is 0 Å². The molecule has 0 saturated heterocycles. The van der Waals surface area contributed by atoms with E-state index in [0.717, 1.165) is 0 Å². The Kier molecular flexibility index (Phi) is 10.5. The maximum Gasteiger partial charge on any atom is 0.245 e. The third-order valence-electron chi connectivity index (χ3n) is 16.1. The quantitative estimate of drug-likeness (QED) is 0.140. The van der Waals surface area contributed by atoms with Gasteiger partial charge in [-0.15, -0.1) is 0 Å². The molecule has 0 aromatic heterocycles. The molecule has 3 heterocycles. The van der Waals surface area contributed by atoms with Crippen LogP contribution in [0.25, 0.3) is 66.8 Å². The van der Waals surface area contributed by atoms with Crippen molar-refractivity contribution < 1.29 is 0 Å². The third kappa shape index (κ3) is 6.99. The van der Waals surface area contributed by atoms with Gasteiger partial charge in [0.2, 0.25) is 13.4 Å². The van der Waals surface area contributed by atoms with E-state index in [0.29, 0.717) is 0 Å². The Morgan fingerprint density at radius 1 is 0.197 bits per heavy atom. The normalized spacial score (nSPS) is 12.6. The summed E-state index contributed by atoms with van der Waals surface area (Å²) < 4.78 is 0. The molecule has 4 heteroatoms. The highest BCUT2D eigenvalue weighted by Crippen LogP contribution is 2.51. The largest absolute Gasteiger partial charge is 0.310 e. The zero-order chi connectivity index (χ0) is 50.1. The van der Waals surface area contributed by atoms with Crippen molar-refractivity contribution in [2.45, 2.75) is 0 Å². The monoisotopic (exact) mass is 962 g/mol. The summed E-state index contributed by atoms with van der Waals surface area (Å²) in [5.74, 6) is 0. The maximum atomic E-state index is 2.62. The lowest BCUT2D eigenvalue weighted by Crippen LogP contribution is -2.78. The highest BCUT2D eigenvalue weighted by atomic mass is 15.2. The van der Waals surface area contributed by atoms with E-state index in [2.05, 4.69) is 301 Å². The van der Waals surface area contributed by atoms with E-state index in [1.807, 2.05) is 0 Å². The van der Waals surface area contributed by atoms with Crippen molar-refractivity contribution in [1.82, 2.24) is 0 Å². The standard InChI is InChI=1S/C72H48B2N2/c1-7-25-49(26-8-1)55-45-57(51-29-11-3-12-30-51)71(58(46-55)52-31-13-4-14-32-52)75-65-41-21-19-37-61(65)73-64-40-24-44-68-70(64)74(63-39-23-43-67(75)69(63)73)62-38-20-22-42-66(62)76(68)72-59(53-33-15-5-16-34-53)47-56(50-27-9-2-10-28-50)48-60(72)54-35-17-6-18-36-54/h1-48H. The van der Waals surface area contributed by atoms with Crippen LogP contribution in [0.5, 0.6) is 0 Å². The average Bonchev–Trinajstić information content (AvgIpc) is 3.58. The molecule has 0 spiro atoms. The Labute approximate surface area is 445 Å². The summed E-state index contributed by atoms with van der Waals surface area (Å²) in [5, 5.41) is 0. The number of hydrogen-bond donors (Lipinski definition) is 0. The number of hydrogen-bond acceptors (Lipinski definition) is 2. The van der Waals surface area contributed by atoms with Gasteiger partial charge in [0.05, 0.1) is 11.4 Å². The van der Waals surface area contributed by atoms with Gasteiger partial charge >= 0.3 is 0 Å². The van der Waals surface area contributed by atoms with Crippen molar-refractivity contribution in [3.05, 3.63) is 291 Å². The minimum Gasteiger partial charge on any atom is -0.310 e. The fraction of sp³-hybridized carbons (Fsp3) is 0. The molecule has 0 aliphatic carbocycles. The average molecular weight is 963 g/mol. The van der Waals surface area contributed by atoms with Gasteiger partial charge in [-0.05, 0) is 115 Å². The van der Waals surface area contributed by atoms with Gasteiger partial charge in [0, 0.05) is 45.0 Å². The van der Waals surface area contributed by atoms with Crippen molar-refractivity contribution in [2.24, 2.45) is 0 Å². The van der Waals surface area contributed by atoms with E-state index in [9.17, 15) is 0 Å². The fourth-order valence-electron chi connectivity index (χ4n) is 12.9. The van der Waals surface area contributed by atoms with Gasteiger partial charge in [-0.3, -0.25) is 0 Å². The van der Waals surface area contributed by atoms with Crippen molar-refractivity contribution >= 4 is 80.3 Å². The molecule has 0 bridgehead atoms. The van der Waals surface area contributed by atoms with Crippen LogP contribution in [0.3, 0.4) is 0 Å². The molecule has 2 nitrogen and oxygen atoms in total. The van der Waals surface area contributed by atoms with Gasteiger partial charge < -0.3 is 9.80 Å². The van der Waals surface area contributed by atoms with E-state index in [-0.39, 0.29) is 13.4 Å². The Bertz CT molecular complexity index is 3770. The first-order valence-electron chi connectivity index (χ1n) is 26.5. The molecule has 0 atom stereocenters.